The Hall–Kier alpha value is -0.810. The minimum absolute atomic E-state index is 0. The minimum Gasteiger partial charge on any atom is -0.453 e. The van der Waals surface area contributed by atoms with Gasteiger partial charge in [-0.3, -0.25) is 9.69 Å². The molecule has 178 valence electrons. The molecule has 1 aromatic carbocycles. The Kier molecular flexibility index (Phi) is 6.91. The van der Waals surface area contributed by atoms with Crippen molar-refractivity contribution < 1.29 is 9.53 Å². The molecule has 2 heterocycles. The first-order valence-corrected chi connectivity index (χ1v) is 12.2. The number of hydrogen-bond acceptors (Lipinski definition) is 4. The fourth-order valence-corrected chi connectivity index (χ4v) is 8.33. The maximum absolute atomic E-state index is 13.3. The summed E-state index contributed by atoms with van der Waals surface area (Å²) in [6.07, 6.45) is 8.94. The Morgan fingerprint density at radius 1 is 0.875 bits per heavy atom. The zero-order valence-corrected chi connectivity index (χ0v) is 20.8. The van der Waals surface area contributed by atoms with E-state index in [1.54, 1.807) is 0 Å². The second-order valence-electron chi connectivity index (χ2n) is 11.3. The number of nitrogens with zero attached hydrogens (tertiary/aromatic N) is 2. The topological polar surface area (TPSA) is 32.8 Å². The molecule has 0 radical (unpaired) electrons. The largest absolute Gasteiger partial charge is 0.453 e. The van der Waals surface area contributed by atoms with Crippen LogP contribution < -0.4 is 0 Å². The first kappa shape index (κ1) is 24.3. The van der Waals surface area contributed by atoms with E-state index >= 15 is 0 Å². The Morgan fingerprint density at radius 2 is 1.44 bits per heavy atom. The highest BCUT2D eigenvalue weighted by Gasteiger charge is 2.66. The van der Waals surface area contributed by atoms with Gasteiger partial charge >= 0.3 is 5.97 Å². The third-order valence-electron chi connectivity index (χ3n) is 9.35. The molecule has 2 saturated heterocycles. The molecule has 2 atom stereocenters. The van der Waals surface area contributed by atoms with Crippen LogP contribution in [0.25, 0.3) is 0 Å². The number of carbonyl (C=O) groups is 1. The summed E-state index contributed by atoms with van der Waals surface area (Å²) in [5, 5.41) is 0. The Bertz CT molecular complexity index is 776. The minimum atomic E-state index is -0.404. The van der Waals surface area contributed by atoms with Crippen LogP contribution in [-0.4, -0.2) is 55.5 Å². The first-order chi connectivity index (χ1) is 14.6. The second-order valence-corrected chi connectivity index (χ2v) is 11.3. The standard InChI is InChI=1S/C26H36N2O2.2ClH/c1-27-7-9-28(10-8-27)18-22-17-26(30-24(22)29,23-5-3-2-4-6-23)25-14-19-11-20(15-25)13-21(12-19)16-25;;/h2-6,19-22H,7-18H2,1H3;2*1H. The van der Waals surface area contributed by atoms with Crippen LogP contribution in [0.3, 0.4) is 0 Å². The fourth-order valence-electron chi connectivity index (χ4n) is 8.33. The molecule has 6 aliphatic rings. The van der Waals surface area contributed by atoms with Crippen LogP contribution in [0.2, 0.25) is 0 Å². The zero-order chi connectivity index (χ0) is 20.3. The van der Waals surface area contributed by atoms with Crippen molar-refractivity contribution in [1.29, 1.82) is 0 Å². The maximum atomic E-state index is 13.3. The van der Waals surface area contributed by atoms with Gasteiger partial charge in [-0.25, -0.2) is 0 Å². The van der Waals surface area contributed by atoms with Crippen molar-refractivity contribution in [3.05, 3.63) is 35.9 Å². The summed E-state index contributed by atoms with van der Waals surface area (Å²) < 4.78 is 6.62. The normalized spacial score (nSPS) is 41.1. The highest BCUT2D eigenvalue weighted by atomic mass is 35.5. The van der Waals surface area contributed by atoms with Gasteiger partial charge in [-0.1, -0.05) is 30.3 Å². The van der Waals surface area contributed by atoms with E-state index in [1.165, 1.54) is 44.1 Å². The molecule has 1 aromatic rings. The van der Waals surface area contributed by atoms with Gasteiger partial charge in [0.2, 0.25) is 0 Å². The molecular formula is C26H38Cl2N2O2. The number of likely N-dealkylation sites (N-methyl/N-ethyl adjacent to an activating group) is 1. The van der Waals surface area contributed by atoms with Gasteiger partial charge in [-0.15, -0.1) is 24.8 Å². The average Bonchev–Trinajstić information content (AvgIpc) is 3.07. The summed E-state index contributed by atoms with van der Waals surface area (Å²) in [4.78, 5) is 18.2. The van der Waals surface area contributed by atoms with E-state index in [9.17, 15) is 4.79 Å². The molecule has 2 unspecified atom stereocenters. The van der Waals surface area contributed by atoms with Crippen LogP contribution >= 0.6 is 24.8 Å². The molecule has 32 heavy (non-hydrogen) atoms. The molecule has 6 fully saturated rings. The van der Waals surface area contributed by atoms with Gasteiger partial charge in [0, 0.05) is 44.6 Å². The lowest BCUT2D eigenvalue weighted by molar-refractivity contribution is -0.198. The number of cyclic esters (lactones) is 1. The SMILES string of the molecule is CN1CCN(CC2CC(c3ccccc3)(C34CC5CC(CC(C5)C3)C4)OC2=O)CC1.Cl.Cl. The number of piperazine rings is 1. The number of hydrogen-bond donors (Lipinski definition) is 0. The lowest BCUT2D eigenvalue weighted by Gasteiger charge is -2.62. The molecule has 0 N–H and O–H groups in total. The van der Waals surface area contributed by atoms with Gasteiger partial charge in [0.1, 0.15) is 5.60 Å². The third kappa shape index (κ3) is 3.89. The second kappa shape index (κ2) is 9.09. The predicted octanol–water partition coefficient (Wildman–Crippen LogP) is 4.75. The number of benzene rings is 1. The zero-order valence-electron chi connectivity index (χ0n) is 19.2. The van der Waals surface area contributed by atoms with Crippen LogP contribution in [0.15, 0.2) is 30.3 Å². The Labute approximate surface area is 205 Å². The highest BCUT2D eigenvalue weighted by molar-refractivity contribution is 5.85. The van der Waals surface area contributed by atoms with E-state index in [4.69, 9.17) is 4.74 Å². The molecule has 4 aliphatic carbocycles. The number of esters is 1. The van der Waals surface area contributed by atoms with Crippen LogP contribution in [0, 0.1) is 29.1 Å². The van der Waals surface area contributed by atoms with Crippen molar-refractivity contribution in [1.82, 2.24) is 9.80 Å². The van der Waals surface area contributed by atoms with Crippen molar-refractivity contribution in [3.8, 4) is 0 Å². The van der Waals surface area contributed by atoms with Crippen molar-refractivity contribution in [3.63, 3.8) is 0 Å². The van der Waals surface area contributed by atoms with Crippen LogP contribution in [0.4, 0.5) is 0 Å². The van der Waals surface area contributed by atoms with Gasteiger partial charge in [0.05, 0.1) is 5.92 Å². The molecule has 2 aliphatic heterocycles. The number of halogens is 2. The quantitative estimate of drug-likeness (QED) is 0.581. The van der Waals surface area contributed by atoms with Crippen molar-refractivity contribution in [2.24, 2.45) is 29.1 Å². The summed E-state index contributed by atoms with van der Waals surface area (Å²) in [6, 6.07) is 10.8. The summed E-state index contributed by atoms with van der Waals surface area (Å²) in [5.41, 5.74) is 1.02. The van der Waals surface area contributed by atoms with E-state index in [0.717, 1.165) is 56.9 Å². The molecule has 0 spiro atoms. The summed E-state index contributed by atoms with van der Waals surface area (Å²) in [5.74, 6) is 2.64. The van der Waals surface area contributed by atoms with Crippen LogP contribution in [0.1, 0.15) is 50.5 Å². The van der Waals surface area contributed by atoms with E-state index in [1.807, 2.05) is 0 Å². The molecule has 4 bridgehead atoms. The van der Waals surface area contributed by atoms with Crippen LogP contribution in [-0.2, 0) is 15.1 Å². The van der Waals surface area contributed by atoms with Gasteiger partial charge in [0.25, 0.3) is 0 Å². The molecule has 6 heteroatoms. The van der Waals surface area contributed by atoms with Gasteiger partial charge in [0.15, 0.2) is 0 Å². The fraction of sp³-hybridized carbons (Fsp3) is 0.731. The molecule has 4 saturated carbocycles. The van der Waals surface area contributed by atoms with Crippen LogP contribution in [0.5, 0.6) is 0 Å². The van der Waals surface area contributed by atoms with Crippen molar-refractivity contribution >= 4 is 30.8 Å². The molecule has 4 nitrogen and oxygen atoms in total. The number of carbonyl (C=O) groups excluding carboxylic acids is 1. The van der Waals surface area contributed by atoms with Gasteiger partial charge in [-0.2, -0.15) is 0 Å². The van der Waals surface area contributed by atoms with Gasteiger partial charge in [-0.05, 0) is 68.9 Å². The van der Waals surface area contributed by atoms with E-state index in [2.05, 4.69) is 47.2 Å². The molecule has 7 rings (SSSR count). The van der Waals surface area contributed by atoms with E-state index in [-0.39, 0.29) is 42.1 Å². The van der Waals surface area contributed by atoms with Crippen molar-refractivity contribution in [2.75, 3.05) is 39.8 Å². The predicted molar refractivity (Wildman–Crippen MR) is 131 cm³/mol. The highest BCUT2D eigenvalue weighted by Crippen LogP contribution is 2.69. The Balaban J connectivity index is 0.00000122. The van der Waals surface area contributed by atoms with Gasteiger partial charge < -0.3 is 9.64 Å². The average molecular weight is 482 g/mol. The summed E-state index contributed by atoms with van der Waals surface area (Å²) in [6.45, 7) is 5.20. The number of ether oxygens (including phenoxy) is 1. The number of rotatable bonds is 4. The van der Waals surface area contributed by atoms with E-state index < -0.39 is 5.60 Å². The first-order valence-electron chi connectivity index (χ1n) is 12.2. The lowest BCUT2D eigenvalue weighted by atomic mass is 9.44. The monoisotopic (exact) mass is 480 g/mol. The molecule has 0 amide bonds. The van der Waals surface area contributed by atoms with Crippen molar-refractivity contribution in [2.45, 2.75) is 50.5 Å². The maximum Gasteiger partial charge on any atom is 0.311 e. The van der Waals surface area contributed by atoms with E-state index in [0.29, 0.717) is 0 Å². The smallest absolute Gasteiger partial charge is 0.311 e. The summed E-state index contributed by atoms with van der Waals surface area (Å²) >= 11 is 0. The third-order valence-corrected chi connectivity index (χ3v) is 9.35. The summed E-state index contributed by atoms with van der Waals surface area (Å²) in [7, 11) is 2.19. The Morgan fingerprint density at radius 3 is 2.00 bits per heavy atom. The lowest BCUT2D eigenvalue weighted by Crippen LogP contribution is -2.56. The molecule has 0 aromatic heterocycles. The molecular weight excluding hydrogens is 443 g/mol.